The summed E-state index contributed by atoms with van der Waals surface area (Å²) in [5.74, 6) is 1.57. The van der Waals surface area contributed by atoms with E-state index in [1.165, 1.54) is 0 Å². The molecule has 100 valence electrons. The molecule has 0 unspecified atom stereocenters. The molecule has 2 aromatic rings. The number of ether oxygens (including phenoxy) is 2. The van der Waals surface area contributed by atoms with E-state index in [1.54, 1.807) is 7.11 Å². The van der Waals surface area contributed by atoms with Crippen LogP contribution in [-0.4, -0.2) is 20.3 Å². The molecule has 0 heterocycles. The third-order valence-corrected chi connectivity index (χ3v) is 2.70. The van der Waals surface area contributed by atoms with E-state index >= 15 is 0 Å². The van der Waals surface area contributed by atoms with Gasteiger partial charge in [0, 0.05) is 12.2 Å². The number of hydrogen-bond donors (Lipinski definition) is 2. The van der Waals surface area contributed by atoms with E-state index < -0.39 is 0 Å². The van der Waals surface area contributed by atoms with Gasteiger partial charge in [0.1, 0.15) is 18.1 Å². The van der Waals surface area contributed by atoms with Crippen LogP contribution in [0, 0.1) is 0 Å². The van der Waals surface area contributed by atoms with E-state index in [0.29, 0.717) is 18.8 Å². The lowest BCUT2D eigenvalue weighted by Crippen LogP contribution is -2.12. The first kappa shape index (κ1) is 13.1. The second kappa shape index (κ2) is 6.54. The third-order valence-electron chi connectivity index (χ3n) is 2.70. The zero-order valence-corrected chi connectivity index (χ0v) is 10.9. The Morgan fingerprint density at radius 3 is 2.47 bits per heavy atom. The van der Waals surface area contributed by atoms with Gasteiger partial charge in [0.2, 0.25) is 0 Å². The van der Waals surface area contributed by atoms with E-state index in [4.69, 9.17) is 15.2 Å². The normalized spacial score (nSPS) is 9.95. The van der Waals surface area contributed by atoms with Gasteiger partial charge in [-0.15, -0.1) is 0 Å². The smallest absolute Gasteiger partial charge is 0.142 e. The Kier molecular flexibility index (Phi) is 4.50. The maximum absolute atomic E-state index is 5.79. The first-order valence-electron chi connectivity index (χ1n) is 6.15. The van der Waals surface area contributed by atoms with Gasteiger partial charge < -0.3 is 20.5 Å². The zero-order chi connectivity index (χ0) is 13.5. The van der Waals surface area contributed by atoms with Gasteiger partial charge in [0.25, 0.3) is 0 Å². The van der Waals surface area contributed by atoms with Crippen LogP contribution < -0.4 is 20.5 Å². The van der Waals surface area contributed by atoms with Crippen molar-refractivity contribution in [2.75, 3.05) is 31.3 Å². The van der Waals surface area contributed by atoms with Crippen LogP contribution in [0.4, 0.5) is 11.4 Å². The Morgan fingerprint density at radius 2 is 1.79 bits per heavy atom. The van der Waals surface area contributed by atoms with Crippen molar-refractivity contribution in [2.24, 2.45) is 0 Å². The van der Waals surface area contributed by atoms with Crippen LogP contribution >= 0.6 is 0 Å². The van der Waals surface area contributed by atoms with E-state index in [1.807, 2.05) is 48.5 Å². The molecule has 19 heavy (non-hydrogen) atoms. The third kappa shape index (κ3) is 3.81. The summed E-state index contributed by atoms with van der Waals surface area (Å²) in [6.45, 7) is 1.26. The summed E-state index contributed by atoms with van der Waals surface area (Å²) in [6.07, 6.45) is 0. The average molecular weight is 258 g/mol. The lowest BCUT2D eigenvalue weighted by Gasteiger charge is -2.10. The highest BCUT2D eigenvalue weighted by Gasteiger charge is 1.98. The van der Waals surface area contributed by atoms with Gasteiger partial charge in [-0.3, -0.25) is 0 Å². The Bertz CT molecular complexity index is 512. The molecule has 2 rings (SSSR count). The van der Waals surface area contributed by atoms with Crippen LogP contribution in [-0.2, 0) is 0 Å². The second-order valence-corrected chi connectivity index (χ2v) is 4.04. The van der Waals surface area contributed by atoms with Crippen molar-refractivity contribution in [2.45, 2.75) is 0 Å². The quantitative estimate of drug-likeness (QED) is 0.618. The first-order valence-corrected chi connectivity index (χ1v) is 6.15. The van der Waals surface area contributed by atoms with Crippen LogP contribution in [0.5, 0.6) is 11.5 Å². The number of para-hydroxylation sites is 2. The van der Waals surface area contributed by atoms with Crippen molar-refractivity contribution in [1.29, 1.82) is 0 Å². The lowest BCUT2D eigenvalue weighted by molar-refractivity contribution is 0.334. The van der Waals surface area contributed by atoms with E-state index in [9.17, 15) is 0 Å². The molecule has 4 nitrogen and oxygen atoms in total. The first-order chi connectivity index (χ1) is 9.29. The standard InChI is InChI=1S/C15H18N2O2/c1-18-13-8-6-12(7-9-13)17-10-11-19-15-5-3-2-4-14(15)16/h2-9,17H,10-11,16H2,1H3. The molecular weight excluding hydrogens is 240 g/mol. The van der Waals surface area contributed by atoms with E-state index in [0.717, 1.165) is 17.2 Å². The molecule has 0 aliphatic heterocycles. The molecule has 0 fully saturated rings. The molecule has 2 aromatic carbocycles. The summed E-state index contributed by atoms with van der Waals surface area (Å²) in [5.41, 5.74) is 7.48. The number of benzene rings is 2. The van der Waals surface area contributed by atoms with Gasteiger partial charge >= 0.3 is 0 Å². The predicted octanol–water partition coefficient (Wildman–Crippen LogP) is 2.77. The van der Waals surface area contributed by atoms with Gasteiger partial charge in [-0.2, -0.15) is 0 Å². The molecule has 4 heteroatoms. The van der Waals surface area contributed by atoms with Gasteiger partial charge in [0.05, 0.1) is 12.8 Å². The van der Waals surface area contributed by atoms with Crippen molar-refractivity contribution >= 4 is 11.4 Å². The minimum Gasteiger partial charge on any atom is -0.497 e. The van der Waals surface area contributed by atoms with Crippen molar-refractivity contribution in [3.05, 3.63) is 48.5 Å². The van der Waals surface area contributed by atoms with Gasteiger partial charge in [-0.05, 0) is 36.4 Å². The highest BCUT2D eigenvalue weighted by Crippen LogP contribution is 2.19. The van der Waals surface area contributed by atoms with Crippen LogP contribution in [0.15, 0.2) is 48.5 Å². The van der Waals surface area contributed by atoms with Crippen LogP contribution in [0.1, 0.15) is 0 Å². The highest BCUT2D eigenvalue weighted by atomic mass is 16.5. The molecular formula is C15H18N2O2. The molecule has 0 aliphatic carbocycles. The Morgan fingerprint density at radius 1 is 1.05 bits per heavy atom. The second-order valence-electron chi connectivity index (χ2n) is 4.04. The number of hydrogen-bond acceptors (Lipinski definition) is 4. The molecule has 0 amide bonds. The van der Waals surface area contributed by atoms with E-state index in [-0.39, 0.29) is 0 Å². The van der Waals surface area contributed by atoms with Crippen molar-refractivity contribution in [3.63, 3.8) is 0 Å². The minimum absolute atomic E-state index is 0.556. The summed E-state index contributed by atoms with van der Waals surface area (Å²) in [6, 6.07) is 15.2. The summed E-state index contributed by atoms with van der Waals surface area (Å²) < 4.78 is 10.7. The van der Waals surface area contributed by atoms with Crippen molar-refractivity contribution in [1.82, 2.24) is 0 Å². The highest BCUT2D eigenvalue weighted by molar-refractivity contribution is 5.51. The van der Waals surface area contributed by atoms with Crippen LogP contribution in [0.3, 0.4) is 0 Å². The number of nitrogens with two attached hydrogens (primary N) is 1. The topological polar surface area (TPSA) is 56.5 Å². The molecule has 0 spiro atoms. The van der Waals surface area contributed by atoms with Crippen LogP contribution in [0.25, 0.3) is 0 Å². The molecule has 0 aliphatic rings. The molecule has 0 saturated heterocycles. The molecule has 0 atom stereocenters. The number of anilines is 2. The van der Waals surface area contributed by atoms with Crippen molar-refractivity contribution in [3.8, 4) is 11.5 Å². The lowest BCUT2D eigenvalue weighted by atomic mass is 10.3. The fraction of sp³-hybridized carbons (Fsp3) is 0.200. The summed E-state index contributed by atoms with van der Waals surface area (Å²) in [4.78, 5) is 0. The minimum atomic E-state index is 0.556. The summed E-state index contributed by atoms with van der Waals surface area (Å²) in [7, 11) is 1.65. The number of nitrogen functional groups attached to an aromatic ring is 1. The number of rotatable bonds is 6. The predicted molar refractivity (Wildman–Crippen MR) is 77.8 cm³/mol. The fourth-order valence-corrected chi connectivity index (χ4v) is 1.68. The fourth-order valence-electron chi connectivity index (χ4n) is 1.68. The maximum atomic E-state index is 5.79. The average Bonchev–Trinajstić information content (AvgIpc) is 2.46. The summed E-state index contributed by atoms with van der Waals surface area (Å²) in [5, 5.41) is 3.26. The Labute approximate surface area is 113 Å². The number of nitrogens with one attached hydrogen (secondary N) is 1. The van der Waals surface area contributed by atoms with Gasteiger partial charge in [-0.25, -0.2) is 0 Å². The van der Waals surface area contributed by atoms with Gasteiger partial charge in [-0.1, -0.05) is 12.1 Å². The largest absolute Gasteiger partial charge is 0.497 e. The number of methoxy groups -OCH3 is 1. The molecule has 0 bridgehead atoms. The van der Waals surface area contributed by atoms with Crippen molar-refractivity contribution < 1.29 is 9.47 Å². The monoisotopic (exact) mass is 258 g/mol. The van der Waals surface area contributed by atoms with Crippen LogP contribution in [0.2, 0.25) is 0 Å². The molecule has 0 saturated carbocycles. The SMILES string of the molecule is COc1ccc(NCCOc2ccccc2N)cc1. The van der Waals surface area contributed by atoms with Gasteiger partial charge in [0.15, 0.2) is 0 Å². The molecule has 0 radical (unpaired) electrons. The Balaban J connectivity index is 1.76. The molecule has 3 N–H and O–H groups in total. The summed E-state index contributed by atoms with van der Waals surface area (Å²) >= 11 is 0. The maximum Gasteiger partial charge on any atom is 0.142 e. The van der Waals surface area contributed by atoms with E-state index in [2.05, 4.69) is 5.32 Å². The zero-order valence-electron chi connectivity index (χ0n) is 10.9. The Hall–Kier alpha value is -2.36. The molecule has 0 aromatic heterocycles.